The van der Waals surface area contributed by atoms with Crippen molar-refractivity contribution >= 4 is 22.5 Å². The summed E-state index contributed by atoms with van der Waals surface area (Å²) in [4.78, 5) is 2.16. The van der Waals surface area contributed by atoms with Crippen molar-refractivity contribution in [3.8, 4) is 0 Å². The van der Waals surface area contributed by atoms with Gasteiger partial charge in [-0.15, -0.1) is 0 Å². The molecule has 1 aromatic heterocycles. The average molecular weight is 310 g/mol. The van der Waals surface area contributed by atoms with Crippen LogP contribution in [0.3, 0.4) is 0 Å². The highest BCUT2D eigenvalue weighted by Gasteiger charge is 2.32. The minimum absolute atomic E-state index is 0.111. The van der Waals surface area contributed by atoms with Gasteiger partial charge in [0, 0.05) is 38.7 Å². The summed E-state index contributed by atoms with van der Waals surface area (Å²) in [5.74, 6) is 0. The number of nitrogens with zero attached hydrogens (tertiary/aromatic N) is 3. The third-order valence-electron chi connectivity index (χ3n) is 3.97. The lowest BCUT2D eigenvalue weighted by Gasteiger charge is -2.14. The summed E-state index contributed by atoms with van der Waals surface area (Å²) in [6.07, 6.45) is -0.546. The smallest absolute Gasteiger partial charge is 0.0972 e. The molecule has 1 aliphatic heterocycles. The number of aryl methyl sites for hydroxylation is 1. The SMILES string of the molecule is CCO[C@H]1CN(Cc2nn(C)c3cccc(Cl)c23)C[C@@H]1O. The number of fused-ring (bicyclic) bond motifs is 1. The first kappa shape index (κ1) is 14.8. The van der Waals surface area contributed by atoms with E-state index in [1.54, 1.807) is 0 Å². The highest BCUT2D eigenvalue weighted by Crippen LogP contribution is 2.28. The van der Waals surface area contributed by atoms with Crippen molar-refractivity contribution in [1.29, 1.82) is 0 Å². The molecule has 0 bridgehead atoms. The molecule has 2 atom stereocenters. The van der Waals surface area contributed by atoms with Crippen molar-refractivity contribution in [3.05, 3.63) is 28.9 Å². The summed E-state index contributed by atoms with van der Waals surface area (Å²) < 4.78 is 7.41. The number of hydrogen-bond acceptors (Lipinski definition) is 4. The lowest BCUT2D eigenvalue weighted by Crippen LogP contribution is -2.26. The van der Waals surface area contributed by atoms with Crippen LogP contribution in [0, 0.1) is 0 Å². The highest BCUT2D eigenvalue weighted by molar-refractivity contribution is 6.35. The minimum Gasteiger partial charge on any atom is -0.389 e. The van der Waals surface area contributed by atoms with Gasteiger partial charge >= 0.3 is 0 Å². The zero-order chi connectivity index (χ0) is 15.0. The average Bonchev–Trinajstić information content (AvgIpc) is 2.93. The fraction of sp³-hybridized carbons (Fsp3) is 0.533. The van der Waals surface area contributed by atoms with Crippen LogP contribution in [-0.4, -0.2) is 51.7 Å². The fourth-order valence-corrected chi connectivity index (χ4v) is 3.29. The van der Waals surface area contributed by atoms with Crippen LogP contribution in [0.1, 0.15) is 12.6 Å². The summed E-state index contributed by atoms with van der Waals surface area (Å²) >= 11 is 6.32. The number of aromatic nitrogens is 2. The van der Waals surface area contributed by atoms with E-state index in [9.17, 15) is 5.11 Å². The van der Waals surface area contributed by atoms with Crippen LogP contribution in [0.15, 0.2) is 18.2 Å². The summed E-state index contributed by atoms with van der Waals surface area (Å²) in [5.41, 5.74) is 1.97. The van der Waals surface area contributed by atoms with Crippen molar-refractivity contribution in [1.82, 2.24) is 14.7 Å². The third-order valence-corrected chi connectivity index (χ3v) is 4.28. The number of rotatable bonds is 4. The Morgan fingerprint density at radius 1 is 1.43 bits per heavy atom. The molecule has 1 aromatic carbocycles. The molecule has 5 nitrogen and oxygen atoms in total. The molecule has 0 unspecified atom stereocenters. The van der Waals surface area contributed by atoms with E-state index in [4.69, 9.17) is 16.3 Å². The van der Waals surface area contributed by atoms with Crippen LogP contribution in [0.5, 0.6) is 0 Å². The van der Waals surface area contributed by atoms with Crippen LogP contribution in [-0.2, 0) is 18.3 Å². The fourth-order valence-electron chi connectivity index (χ4n) is 3.02. The Labute approximate surface area is 129 Å². The van der Waals surface area contributed by atoms with Gasteiger partial charge in [-0.1, -0.05) is 17.7 Å². The van der Waals surface area contributed by atoms with Gasteiger partial charge in [-0.2, -0.15) is 5.10 Å². The number of ether oxygens (including phenoxy) is 1. The van der Waals surface area contributed by atoms with Crippen LogP contribution in [0.25, 0.3) is 10.9 Å². The van der Waals surface area contributed by atoms with Crippen molar-refractivity contribution in [3.63, 3.8) is 0 Å². The molecule has 0 radical (unpaired) electrons. The van der Waals surface area contributed by atoms with E-state index in [2.05, 4.69) is 10.00 Å². The number of β-amino-alcohol motifs (C(OH)–C–C–N with tert-alkyl or cyclic N) is 1. The predicted octanol–water partition coefficient (Wildman–Crippen LogP) is 1.81. The molecular weight excluding hydrogens is 290 g/mol. The Morgan fingerprint density at radius 2 is 2.24 bits per heavy atom. The molecule has 3 rings (SSSR count). The molecule has 2 aromatic rings. The summed E-state index contributed by atoms with van der Waals surface area (Å²) in [6.45, 7) is 4.56. The van der Waals surface area contributed by atoms with Gasteiger partial charge in [0.2, 0.25) is 0 Å². The number of benzene rings is 1. The summed E-state index contributed by atoms with van der Waals surface area (Å²) in [5, 5.41) is 16.3. The van der Waals surface area contributed by atoms with E-state index in [1.807, 2.05) is 36.9 Å². The van der Waals surface area contributed by atoms with Gasteiger partial charge in [0.25, 0.3) is 0 Å². The molecule has 0 saturated carbocycles. The van der Waals surface area contributed by atoms with Crippen LogP contribution >= 0.6 is 11.6 Å². The molecule has 21 heavy (non-hydrogen) atoms. The molecule has 0 aliphatic carbocycles. The van der Waals surface area contributed by atoms with Crippen molar-refractivity contribution in [2.45, 2.75) is 25.7 Å². The Balaban J connectivity index is 1.83. The number of likely N-dealkylation sites (tertiary alicyclic amines) is 1. The quantitative estimate of drug-likeness (QED) is 0.936. The van der Waals surface area contributed by atoms with Crippen LogP contribution < -0.4 is 0 Å². The minimum atomic E-state index is -0.435. The molecular formula is C15H20ClN3O2. The molecule has 0 spiro atoms. The number of hydrogen-bond donors (Lipinski definition) is 1. The van der Waals surface area contributed by atoms with Crippen LogP contribution in [0.2, 0.25) is 5.02 Å². The number of aliphatic hydroxyl groups is 1. The first-order chi connectivity index (χ1) is 10.1. The van der Waals surface area contributed by atoms with Crippen molar-refractivity contribution in [2.24, 2.45) is 7.05 Å². The van der Waals surface area contributed by atoms with Crippen molar-refractivity contribution < 1.29 is 9.84 Å². The second-order valence-corrected chi connectivity index (χ2v) is 5.87. The Bertz CT molecular complexity index is 643. The van der Waals surface area contributed by atoms with E-state index in [0.717, 1.165) is 28.2 Å². The van der Waals surface area contributed by atoms with Crippen molar-refractivity contribution in [2.75, 3.05) is 19.7 Å². The zero-order valence-corrected chi connectivity index (χ0v) is 13.0. The molecule has 1 fully saturated rings. The van der Waals surface area contributed by atoms with E-state index in [0.29, 0.717) is 19.7 Å². The number of aliphatic hydroxyl groups excluding tert-OH is 1. The second kappa shape index (κ2) is 5.93. The third kappa shape index (κ3) is 2.79. The first-order valence-electron chi connectivity index (χ1n) is 7.22. The van der Waals surface area contributed by atoms with Gasteiger partial charge in [-0.25, -0.2) is 0 Å². The highest BCUT2D eigenvalue weighted by atomic mass is 35.5. The Kier molecular flexibility index (Phi) is 4.17. The van der Waals surface area contributed by atoms with Gasteiger partial charge in [-0.05, 0) is 19.1 Å². The van der Waals surface area contributed by atoms with Gasteiger partial charge in [0.05, 0.1) is 28.4 Å². The maximum Gasteiger partial charge on any atom is 0.0972 e. The maximum atomic E-state index is 10.0. The summed E-state index contributed by atoms with van der Waals surface area (Å²) in [6, 6.07) is 5.83. The largest absolute Gasteiger partial charge is 0.389 e. The first-order valence-corrected chi connectivity index (χ1v) is 7.60. The zero-order valence-electron chi connectivity index (χ0n) is 12.3. The van der Waals surface area contributed by atoms with Gasteiger partial charge in [0.15, 0.2) is 0 Å². The Hall–Kier alpha value is -1.14. The molecule has 2 heterocycles. The lowest BCUT2D eigenvalue weighted by atomic mass is 10.2. The molecule has 1 saturated heterocycles. The summed E-state index contributed by atoms with van der Waals surface area (Å²) in [7, 11) is 1.92. The molecule has 6 heteroatoms. The standard InChI is InChI=1S/C15H20ClN3O2/c1-3-21-14-9-19(8-13(14)20)7-11-15-10(16)5-4-6-12(15)18(2)17-11/h4-6,13-14,20H,3,7-9H2,1-2H3/t13-,14-/m0/s1. The molecule has 0 amide bonds. The van der Waals surface area contributed by atoms with E-state index in [1.165, 1.54) is 0 Å². The predicted molar refractivity (Wildman–Crippen MR) is 82.4 cm³/mol. The maximum absolute atomic E-state index is 10.0. The second-order valence-electron chi connectivity index (χ2n) is 5.46. The topological polar surface area (TPSA) is 50.5 Å². The number of halogens is 1. The normalized spacial score (nSPS) is 23.2. The Morgan fingerprint density at radius 3 is 3.00 bits per heavy atom. The molecule has 114 valence electrons. The van der Waals surface area contributed by atoms with E-state index >= 15 is 0 Å². The monoisotopic (exact) mass is 309 g/mol. The molecule has 1 N–H and O–H groups in total. The lowest BCUT2D eigenvalue weighted by molar-refractivity contribution is -0.00245. The van der Waals surface area contributed by atoms with Gasteiger partial charge < -0.3 is 9.84 Å². The van der Waals surface area contributed by atoms with Crippen LogP contribution in [0.4, 0.5) is 0 Å². The van der Waals surface area contributed by atoms with E-state index < -0.39 is 6.10 Å². The van der Waals surface area contributed by atoms with E-state index in [-0.39, 0.29) is 6.10 Å². The van der Waals surface area contributed by atoms with Gasteiger partial charge in [0.1, 0.15) is 0 Å². The molecule has 1 aliphatic rings. The van der Waals surface area contributed by atoms with Gasteiger partial charge in [-0.3, -0.25) is 9.58 Å².